The van der Waals surface area contributed by atoms with Crippen LogP contribution in [0.3, 0.4) is 0 Å². The molecule has 2 N–H and O–H groups in total. The van der Waals surface area contributed by atoms with Crippen LogP contribution in [-0.4, -0.2) is 48.0 Å². The van der Waals surface area contributed by atoms with E-state index in [-0.39, 0.29) is 19.6 Å². The highest BCUT2D eigenvalue weighted by Crippen LogP contribution is 2.14. The van der Waals surface area contributed by atoms with Crippen LogP contribution in [0, 0.1) is 0 Å². The Kier molecular flexibility index (Phi) is 7.89. The molecule has 0 aliphatic carbocycles. The van der Waals surface area contributed by atoms with Crippen molar-refractivity contribution >= 4 is 18.0 Å². The molecule has 1 atom stereocenters. The van der Waals surface area contributed by atoms with Gasteiger partial charge in [0.1, 0.15) is 17.4 Å². The highest BCUT2D eigenvalue weighted by atomic mass is 16.6. The summed E-state index contributed by atoms with van der Waals surface area (Å²) in [6, 6.07) is 5.42. The van der Waals surface area contributed by atoms with Crippen molar-refractivity contribution in [2.24, 2.45) is 0 Å². The fourth-order valence-electron chi connectivity index (χ4n) is 1.95. The molecule has 8 nitrogen and oxygen atoms in total. The molecule has 1 rings (SSSR count). The summed E-state index contributed by atoms with van der Waals surface area (Å²) in [5, 5.41) is 11.6. The van der Waals surface area contributed by atoms with Crippen LogP contribution in [0.2, 0.25) is 0 Å². The zero-order valence-electron chi connectivity index (χ0n) is 15.4. The normalized spacial score (nSPS) is 12.0. The van der Waals surface area contributed by atoms with Gasteiger partial charge in [-0.25, -0.2) is 14.4 Å². The molecule has 0 fully saturated rings. The summed E-state index contributed by atoms with van der Waals surface area (Å²) in [5.74, 6) is -1.18. The minimum absolute atomic E-state index is 0.0761. The maximum absolute atomic E-state index is 11.8. The van der Waals surface area contributed by atoms with Gasteiger partial charge in [0, 0.05) is 6.42 Å². The Hall–Kier alpha value is -2.77. The van der Waals surface area contributed by atoms with Gasteiger partial charge in [0.2, 0.25) is 0 Å². The number of aliphatic carboxylic acids is 1. The number of carboxylic acid groups (broad SMARTS) is 1. The average Bonchev–Trinajstić information content (AvgIpc) is 2.52. The molecule has 26 heavy (non-hydrogen) atoms. The van der Waals surface area contributed by atoms with Crippen LogP contribution in [-0.2, 0) is 25.5 Å². The predicted molar refractivity (Wildman–Crippen MR) is 93.1 cm³/mol. The minimum Gasteiger partial charge on any atom is -0.482 e. The third-order valence-corrected chi connectivity index (χ3v) is 3.01. The Bertz CT molecular complexity index is 619. The van der Waals surface area contributed by atoms with E-state index in [0.29, 0.717) is 11.3 Å². The lowest BCUT2D eigenvalue weighted by atomic mass is 10.1. The van der Waals surface area contributed by atoms with Crippen LogP contribution >= 0.6 is 0 Å². The summed E-state index contributed by atoms with van der Waals surface area (Å²) in [7, 11) is 0. The number of hydrogen-bond acceptors (Lipinski definition) is 6. The molecule has 1 amide bonds. The van der Waals surface area contributed by atoms with Crippen molar-refractivity contribution in [2.45, 2.75) is 45.8 Å². The fourth-order valence-corrected chi connectivity index (χ4v) is 1.95. The highest BCUT2D eigenvalue weighted by molar-refractivity contribution is 5.80. The molecular formula is C18H25NO7. The third kappa shape index (κ3) is 8.36. The summed E-state index contributed by atoms with van der Waals surface area (Å²) < 4.78 is 15.1. The standard InChI is InChI=1S/C18H25NO7/c1-5-24-15(20)11-25-13-8-6-12(7-9-13)10-14(16(21)22)19-17(23)26-18(2,3)4/h6-9,14H,5,10-11H2,1-4H3,(H,19,23)(H,21,22). The maximum atomic E-state index is 11.8. The van der Waals surface area contributed by atoms with Crippen molar-refractivity contribution in [3.05, 3.63) is 29.8 Å². The second kappa shape index (κ2) is 9.65. The number of carbonyl (C=O) groups is 3. The van der Waals surface area contributed by atoms with E-state index in [4.69, 9.17) is 14.2 Å². The predicted octanol–water partition coefficient (Wildman–Crippen LogP) is 2.15. The average molecular weight is 367 g/mol. The molecular weight excluding hydrogens is 342 g/mol. The minimum atomic E-state index is -1.17. The summed E-state index contributed by atoms with van der Waals surface area (Å²) in [6.45, 7) is 6.86. The third-order valence-electron chi connectivity index (χ3n) is 3.01. The zero-order valence-corrected chi connectivity index (χ0v) is 15.4. The summed E-state index contributed by atoms with van der Waals surface area (Å²) in [4.78, 5) is 34.4. The van der Waals surface area contributed by atoms with E-state index < -0.39 is 29.7 Å². The van der Waals surface area contributed by atoms with Crippen LogP contribution in [0.4, 0.5) is 4.79 Å². The smallest absolute Gasteiger partial charge is 0.408 e. The second-order valence-corrected chi connectivity index (χ2v) is 6.48. The van der Waals surface area contributed by atoms with Crippen LogP contribution in [0.15, 0.2) is 24.3 Å². The van der Waals surface area contributed by atoms with E-state index >= 15 is 0 Å². The topological polar surface area (TPSA) is 111 Å². The molecule has 1 aromatic carbocycles. The Morgan fingerprint density at radius 2 is 1.77 bits per heavy atom. The number of esters is 1. The molecule has 0 spiro atoms. The van der Waals surface area contributed by atoms with E-state index in [2.05, 4.69) is 5.32 Å². The fraction of sp³-hybridized carbons (Fsp3) is 0.500. The first-order valence-corrected chi connectivity index (χ1v) is 8.20. The molecule has 0 aliphatic rings. The maximum Gasteiger partial charge on any atom is 0.408 e. The van der Waals surface area contributed by atoms with E-state index in [1.165, 1.54) is 0 Å². The first-order valence-electron chi connectivity index (χ1n) is 8.20. The van der Waals surface area contributed by atoms with Gasteiger partial charge in [0.25, 0.3) is 0 Å². The lowest BCUT2D eigenvalue weighted by Crippen LogP contribution is -2.44. The molecule has 1 unspecified atom stereocenters. The number of ether oxygens (including phenoxy) is 3. The molecule has 0 bridgehead atoms. The van der Waals surface area contributed by atoms with Crippen LogP contribution in [0.5, 0.6) is 5.75 Å². The zero-order chi connectivity index (χ0) is 19.7. The van der Waals surface area contributed by atoms with Crippen molar-refractivity contribution in [3.63, 3.8) is 0 Å². The van der Waals surface area contributed by atoms with Crippen molar-refractivity contribution in [1.29, 1.82) is 0 Å². The highest BCUT2D eigenvalue weighted by Gasteiger charge is 2.24. The van der Waals surface area contributed by atoms with Gasteiger partial charge in [-0.05, 0) is 45.4 Å². The molecule has 0 saturated heterocycles. The molecule has 0 radical (unpaired) electrons. The van der Waals surface area contributed by atoms with Crippen LogP contribution in [0.25, 0.3) is 0 Å². The SMILES string of the molecule is CCOC(=O)COc1ccc(CC(NC(=O)OC(C)(C)C)C(=O)O)cc1. The monoisotopic (exact) mass is 367 g/mol. The number of carbonyl (C=O) groups excluding carboxylic acids is 2. The molecule has 0 saturated carbocycles. The number of hydrogen-bond donors (Lipinski definition) is 2. The van der Waals surface area contributed by atoms with Crippen molar-refractivity contribution in [3.8, 4) is 5.75 Å². The van der Waals surface area contributed by atoms with Gasteiger partial charge in [0.15, 0.2) is 6.61 Å². The van der Waals surface area contributed by atoms with Gasteiger partial charge in [-0.2, -0.15) is 0 Å². The molecule has 8 heteroatoms. The number of benzene rings is 1. The number of amides is 1. The van der Waals surface area contributed by atoms with Gasteiger partial charge in [0.05, 0.1) is 6.61 Å². The summed E-state index contributed by atoms with van der Waals surface area (Å²) in [6.07, 6.45) is -0.716. The summed E-state index contributed by atoms with van der Waals surface area (Å²) in [5.41, 5.74) is -0.0395. The molecule has 0 aliphatic heterocycles. The number of carboxylic acids is 1. The van der Waals surface area contributed by atoms with Gasteiger partial charge in [-0.15, -0.1) is 0 Å². The van der Waals surface area contributed by atoms with E-state index in [1.54, 1.807) is 52.0 Å². The first kappa shape index (κ1) is 21.3. The van der Waals surface area contributed by atoms with Crippen LogP contribution < -0.4 is 10.1 Å². The first-order chi connectivity index (χ1) is 12.1. The Morgan fingerprint density at radius 1 is 1.15 bits per heavy atom. The van der Waals surface area contributed by atoms with E-state index in [1.807, 2.05) is 0 Å². The largest absolute Gasteiger partial charge is 0.482 e. The molecule has 1 aromatic rings. The Morgan fingerprint density at radius 3 is 2.27 bits per heavy atom. The lowest BCUT2D eigenvalue weighted by molar-refractivity contribution is -0.145. The molecule has 0 heterocycles. The van der Waals surface area contributed by atoms with Crippen molar-refractivity contribution in [1.82, 2.24) is 5.32 Å². The number of alkyl carbamates (subject to hydrolysis) is 1. The van der Waals surface area contributed by atoms with Crippen LogP contribution in [0.1, 0.15) is 33.3 Å². The van der Waals surface area contributed by atoms with Gasteiger partial charge >= 0.3 is 18.0 Å². The lowest BCUT2D eigenvalue weighted by Gasteiger charge is -2.22. The van der Waals surface area contributed by atoms with Crippen molar-refractivity contribution < 1.29 is 33.7 Å². The Balaban J connectivity index is 2.62. The van der Waals surface area contributed by atoms with E-state index in [9.17, 15) is 19.5 Å². The molecule has 0 aromatic heterocycles. The Labute approximate surface area is 152 Å². The van der Waals surface area contributed by atoms with Gasteiger partial charge in [-0.1, -0.05) is 12.1 Å². The molecule has 144 valence electrons. The van der Waals surface area contributed by atoms with Gasteiger partial charge < -0.3 is 24.6 Å². The number of rotatable bonds is 8. The quantitative estimate of drug-likeness (QED) is 0.677. The van der Waals surface area contributed by atoms with Crippen molar-refractivity contribution in [2.75, 3.05) is 13.2 Å². The number of nitrogens with one attached hydrogen (secondary N) is 1. The second-order valence-electron chi connectivity index (χ2n) is 6.48. The summed E-state index contributed by atoms with van der Waals surface area (Å²) >= 11 is 0. The van der Waals surface area contributed by atoms with E-state index in [0.717, 1.165) is 0 Å². The van der Waals surface area contributed by atoms with Gasteiger partial charge in [-0.3, -0.25) is 0 Å².